The van der Waals surface area contributed by atoms with Gasteiger partial charge in [-0.2, -0.15) is 0 Å². The third-order valence-corrected chi connectivity index (χ3v) is 2.06. The van der Waals surface area contributed by atoms with E-state index in [0.717, 1.165) is 24.2 Å². The van der Waals surface area contributed by atoms with Crippen LogP contribution in [0.3, 0.4) is 0 Å². The van der Waals surface area contributed by atoms with Gasteiger partial charge in [-0.1, -0.05) is 42.5 Å². The Balaban J connectivity index is 2.25. The first kappa shape index (κ1) is 8.94. The van der Waals surface area contributed by atoms with Crippen molar-refractivity contribution in [3.8, 4) is 11.3 Å². The van der Waals surface area contributed by atoms with Crippen molar-refractivity contribution >= 4 is 0 Å². The minimum Gasteiger partial charge on any atom is -0.252 e. The van der Waals surface area contributed by atoms with E-state index in [9.17, 15) is 0 Å². The molecule has 0 aliphatic rings. The maximum atomic E-state index is 4.12. The van der Waals surface area contributed by atoms with Crippen LogP contribution in [0.15, 0.2) is 36.5 Å². The smallest absolute Gasteiger partial charge is 0.113 e. The zero-order valence-electron chi connectivity index (χ0n) is 8.22. The van der Waals surface area contributed by atoms with Crippen LogP contribution in [-0.4, -0.2) is 15.0 Å². The summed E-state index contributed by atoms with van der Waals surface area (Å²) in [4.78, 5) is 0. The van der Waals surface area contributed by atoms with E-state index < -0.39 is 0 Å². The normalized spacial score (nSPS) is 10.4. The van der Waals surface area contributed by atoms with E-state index in [1.54, 1.807) is 0 Å². The molecule has 0 atom stereocenters. The number of aromatic nitrogens is 3. The monoisotopic (exact) mass is 187 g/mol. The molecule has 0 fully saturated rings. The van der Waals surface area contributed by atoms with Crippen molar-refractivity contribution < 1.29 is 0 Å². The highest BCUT2D eigenvalue weighted by Gasteiger charge is 2.01. The van der Waals surface area contributed by atoms with Crippen LogP contribution in [0.2, 0.25) is 0 Å². The molecule has 2 aromatic rings. The molecule has 3 nitrogen and oxygen atoms in total. The minimum atomic E-state index is 0.930. The Morgan fingerprint density at radius 1 is 1.21 bits per heavy atom. The van der Waals surface area contributed by atoms with Gasteiger partial charge in [-0.3, -0.25) is 4.68 Å². The maximum Gasteiger partial charge on any atom is 0.113 e. The molecule has 14 heavy (non-hydrogen) atoms. The lowest BCUT2D eigenvalue weighted by molar-refractivity contribution is 0.579. The van der Waals surface area contributed by atoms with Gasteiger partial charge >= 0.3 is 0 Å². The minimum absolute atomic E-state index is 0.930. The predicted octanol–water partition coefficient (Wildman–Crippen LogP) is 2.36. The third-order valence-electron chi connectivity index (χ3n) is 2.06. The summed E-state index contributed by atoms with van der Waals surface area (Å²) in [6, 6.07) is 10.1. The van der Waals surface area contributed by atoms with Gasteiger partial charge in [0.15, 0.2) is 0 Å². The summed E-state index contributed by atoms with van der Waals surface area (Å²) in [6.45, 7) is 3.06. The van der Waals surface area contributed by atoms with E-state index in [0.29, 0.717) is 0 Å². The fraction of sp³-hybridized carbons (Fsp3) is 0.273. The van der Waals surface area contributed by atoms with Crippen LogP contribution in [0.5, 0.6) is 0 Å². The lowest BCUT2D eigenvalue weighted by Crippen LogP contribution is -1.96. The van der Waals surface area contributed by atoms with Gasteiger partial charge in [0.2, 0.25) is 0 Å². The predicted molar refractivity (Wildman–Crippen MR) is 55.7 cm³/mol. The molecule has 1 heterocycles. The lowest BCUT2D eigenvalue weighted by atomic mass is 10.2. The van der Waals surface area contributed by atoms with Crippen LogP contribution in [0.4, 0.5) is 0 Å². The second kappa shape index (κ2) is 4.05. The Morgan fingerprint density at radius 3 is 2.71 bits per heavy atom. The second-order valence-corrected chi connectivity index (χ2v) is 3.23. The zero-order valence-corrected chi connectivity index (χ0v) is 8.22. The fourth-order valence-corrected chi connectivity index (χ4v) is 1.38. The molecular weight excluding hydrogens is 174 g/mol. The highest BCUT2D eigenvalue weighted by Crippen LogP contribution is 2.14. The van der Waals surface area contributed by atoms with Crippen molar-refractivity contribution in [2.75, 3.05) is 0 Å². The quantitative estimate of drug-likeness (QED) is 0.738. The molecular formula is C11H13N3. The van der Waals surface area contributed by atoms with Crippen LogP contribution < -0.4 is 0 Å². The summed E-state index contributed by atoms with van der Waals surface area (Å²) in [5.74, 6) is 0. The SMILES string of the molecule is CCCn1cc(-c2ccccc2)nn1. The number of rotatable bonds is 3. The highest BCUT2D eigenvalue weighted by atomic mass is 15.4. The Bertz CT molecular complexity index is 392. The van der Waals surface area contributed by atoms with Crippen molar-refractivity contribution in [3.05, 3.63) is 36.5 Å². The van der Waals surface area contributed by atoms with E-state index in [-0.39, 0.29) is 0 Å². The van der Waals surface area contributed by atoms with Gasteiger partial charge in [-0.05, 0) is 6.42 Å². The van der Waals surface area contributed by atoms with Crippen molar-refractivity contribution in [1.29, 1.82) is 0 Å². The van der Waals surface area contributed by atoms with Gasteiger partial charge < -0.3 is 0 Å². The molecule has 0 N–H and O–H groups in total. The van der Waals surface area contributed by atoms with E-state index in [4.69, 9.17) is 0 Å². The molecule has 0 radical (unpaired) electrons. The molecule has 1 aromatic carbocycles. The summed E-state index contributed by atoms with van der Waals surface area (Å²) in [5, 5.41) is 8.17. The number of benzene rings is 1. The fourth-order valence-electron chi connectivity index (χ4n) is 1.38. The van der Waals surface area contributed by atoms with Gasteiger partial charge in [0, 0.05) is 12.1 Å². The molecule has 3 heteroatoms. The second-order valence-electron chi connectivity index (χ2n) is 3.23. The number of hydrogen-bond acceptors (Lipinski definition) is 2. The van der Waals surface area contributed by atoms with E-state index in [2.05, 4.69) is 17.2 Å². The van der Waals surface area contributed by atoms with Crippen LogP contribution in [-0.2, 0) is 6.54 Å². The Morgan fingerprint density at radius 2 is 2.00 bits per heavy atom. The molecule has 0 spiro atoms. The van der Waals surface area contributed by atoms with Crippen molar-refractivity contribution in [2.24, 2.45) is 0 Å². The van der Waals surface area contributed by atoms with Gasteiger partial charge in [0.25, 0.3) is 0 Å². The molecule has 0 amide bonds. The number of aryl methyl sites for hydroxylation is 1. The van der Waals surface area contributed by atoms with Crippen molar-refractivity contribution in [2.45, 2.75) is 19.9 Å². The molecule has 72 valence electrons. The first-order chi connectivity index (χ1) is 6.90. The summed E-state index contributed by atoms with van der Waals surface area (Å²) < 4.78 is 1.88. The molecule has 0 aliphatic heterocycles. The van der Waals surface area contributed by atoms with Gasteiger partial charge in [0.1, 0.15) is 5.69 Å². The van der Waals surface area contributed by atoms with Gasteiger partial charge in [-0.15, -0.1) is 5.10 Å². The van der Waals surface area contributed by atoms with E-state index >= 15 is 0 Å². The highest BCUT2D eigenvalue weighted by molar-refractivity contribution is 5.56. The maximum absolute atomic E-state index is 4.12. The van der Waals surface area contributed by atoms with Crippen LogP contribution in [0.1, 0.15) is 13.3 Å². The molecule has 2 rings (SSSR count). The molecule has 1 aromatic heterocycles. The van der Waals surface area contributed by atoms with Crippen molar-refractivity contribution in [1.82, 2.24) is 15.0 Å². The first-order valence-electron chi connectivity index (χ1n) is 4.85. The Labute approximate surface area is 83.4 Å². The molecule has 0 saturated carbocycles. The van der Waals surface area contributed by atoms with Gasteiger partial charge in [-0.25, -0.2) is 0 Å². The largest absolute Gasteiger partial charge is 0.252 e. The van der Waals surface area contributed by atoms with Crippen molar-refractivity contribution in [3.63, 3.8) is 0 Å². The zero-order chi connectivity index (χ0) is 9.80. The summed E-state index contributed by atoms with van der Waals surface area (Å²) in [5.41, 5.74) is 2.06. The first-order valence-corrected chi connectivity index (χ1v) is 4.85. The number of hydrogen-bond donors (Lipinski definition) is 0. The lowest BCUT2D eigenvalue weighted by Gasteiger charge is -1.94. The van der Waals surface area contributed by atoms with E-state index in [1.807, 2.05) is 41.2 Å². The number of nitrogens with zero attached hydrogens (tertiary/aromatic N) is 3. The topological polar surface area (TPSA) is 30.7 Å². The average Bonchev–Trinajstić information content (AvgIpc) is 2.68. The summed E-state index contributed by atoms with van der Waals surface area (Å²) >= 11 is 0. The van der Waals surface area contributed by atoms with Crippen LogP contribution in [0, 0.1) is 0 Å². The standard InChI is InChI=1S/C11H13N3/c1-2-8-14-9-11(12-13-14)10-6-4-3-5-7-10/h3-7,9H,2,8H2,1H3. The summed E-state index contributed by atoms with van der Waals surface area (Å²) in [6.07, 6.45) is 3.07. The van der Waals surface area contributed by atoms with E-state index in [1.165, 1.54) is 0 Å². The third kappa shape index (κ3) is 1.82. The molecule has 0 saturated heterocycles. The molecule has 0 bridgehead atoms. The molecule has 0 unspecified atom stereocenters. The van der Waals surface area contributed by atoms with Gasteiger partial charge in [0.05, 0.1) is 6.20 Å². The average molecular weight is 187 g/mol. The van der Waals surface area contributed by atoms with Crippen LogP contribution >= 0.6 is 0 Å². The van der Waals surface area contributed by atoms with Crippen LogP contribution in [0.25, 0.3) is 11.3 Å². The summed E-state index contributed by atoms with van der Waals surface area (Å²) in [7, 11) is 0. The molecule has 0 aliphatic carbocycles. The Hall–Kier alpha value is -1.64. The Kier molecular flexibility index (Phi) is 2.58.